The van der Waals surface area contributed by atoms with E-state index in [1.165, 1.54) is 11.8 Å². The van der Waals surface area contributed by atoms with E-state index in [9.17, 15) is 9.59 Å². The number of methoxy groups -OCH3 is 1. The average Bonchev–Trinajstić information content (AvgIpc) is 2.82. The van der Waals surface area contributed by atoms with E-state index in [0.29, 0.717) is 60.4 Å². The average molecular weight is 490 g/mol. The van der Waals surface area contributed by atoms with Crippen LogP contribution in [-0.2, 0) is 27.4 Å². The van der Waals surface area contributed by atoms with Gasteiger partial charge in [-0.2, -0.15) is 0 Å². The van der Waals surface area contributed by atoms with Crippen LogP contribution in [0.3, 0.4) is 0 Å². The lowest BCUT2D eigenvalue weighted by Gasteiger charge is -2.13. The lowest BCUT2D eigenvalue weighted by atomic mass is 10.2. The normalized spacial score (nSPS) is 11.1. The molecule has 7 nitrogen and oxygen atoms in total. The molecule has 2 aromatic carbocycles. The van der Waals surface area contributed by atoms with E-state index in [1.807, 2.05) is 30.3 Å². The molecule has 33 heavy (non-hydrogen) atoms. The number of carbonyl (C=O) groups is 1. The number of fused-ring (bicyclic) bond motifs is 1. The second-order valence-corrected chi connectivity index (χ2v) is 8.77. The first-order chi connectivity index (χ1) is 16.1. The third kappa shape index (κ3) is 7.85. The van der Waals surface area contributed by atoms with Gasteiger partial charge in [0, 0.05) is 38.4 Å². The molecule has 0 aliphatic heterocycles. The maximum Gasteiger partial charge on any atom is 0.262 e. The molecule has 0 saturated carbocycles. The molecule has 3 aromatic rings. The lowest BCUT2D eigenvalue weighted by molar-refractivity contribution is -0.118. The Kier molecular flexibility index (Phi) is 10.2. The molecule has 0 atom stereocenters. The van der Waals surface area contributed by atoms with Crippen molar-refractivity contribution in [2.75, 3.05) is 32.6 Å². The van der Waals surface area contributed by atoms with Gasteiger partial charge in [-0.15, -0.1) is 0 Å². The van der Waals surface area contributed by atoms with Crippen LogP contribution in [0.4, 0.5) is 0 Å². The molecule has 0 radical (unpaired) electrons. The van der Waals surface area contributed by atoms with Gasteiger partial charge >= 0.3 is 0 Å². The van der Waals surface area contributed by atoms with Crippen molar-refractivity contribution in [2.24, 2.45) is 0 Å². The van der Waals surface area contributed by atoms with Crippen LogP contribution in [0.25, 0.3) is 10.9 Å². The van der Waals surface area contributed by atoms with Gasteiger partial charge in [-0.25, -0.2) is 4.98 Å². The number of thioether (sulfide) groups is 1. The number of nitrogens with one attached hydrogen (secondary N) is 1. The summed E-state index contributed by atoms with van der Waals surface area (Å²) < 4.78 is 12.3. The Morgan fingerprint density at radius 1 is 1.15 bits per heavy atom. The lowest BCUT2D eigenvalue weighted by Crippen LogP contribution is -2.28. The highest BCUT2D eigenvalue weighted by molar-refractivity contribution is 7.99. The number of aromatic nitrogens is 2. The summed E-state index contributed by atoms with van der Waals surface area (Å²) in [5.74, 6) is 0.0418. The van der Waals surface area contributed by atoms with E-state index < -0.39 is 0 Å². The zero-order valence-corrected chi connectivity index (χ0v) is 20.2. The van der Waals surface area contributed by atoms with Crippen molar-refractivity contribution in [3.05, 3.63) is 69.5 Å². The molecule has 9 heteroatoms. The molecule has 0 aliphatic carbocycles. The molecule has 1 amide bonds. The molecule has 0 saturated heterocycles. The third-order valence-corrected chi connectivity index (χ3v) is 6.06. The van der Waals surface area contributed by atoms with Crippen molar-refractivity contribution in [2.45, 2.75) is 31.1 Å². The predicted octanol–water partition coefficient (Wildman–Crippen LogP) is 3.90. The second-order valence-electron chi connectivity index (χ2n) is 7.39. The van der Waals surface area contributed by atoms with Gasteiger partial charge in [0.05, 0.1) is 23.3 Å². The second kappa shape index (κ2) is 13.3. The van der Waals surface area contributed by atoms with Crippen molar-refractivity contribution in [1.29, 1.82) is 0 Å². The number of ether oxygens (including phenoxy) is 2. The minimum atomic E-state index is -0.147. The van der Waals surface area contributed by atoms with Crippen LogP contribution in [0, 0.1) is 0 Å². The summed E-state index contributed by atoms with van der Waals surface area (Å²) in [4.78, 5) is 29.9. The number of hydrogen-bond donors (Lipinski definition) is 1. The summed E-state index contributed by atoms with van der Waals surface area (Å²) in [7, 11) is 1.62. The van der Waals surface area contributed by atoms with Gasteiger partial charge in [-0.1, -0.05) is 53.7 Å². The molecular formula is C24H28ClN3O4S. The summed E-state index contributed by atoms with van der Waals surface area (Å²) in [5.41, 5.74) is 1.50. The van der Waals surface area contributed by atoms with E-state index in [-0.39, 0.29) is 17.2 Å². The van der Waals surface area contributed by atoms with Gasteiger partial charge < -0.3 is 14.8 Å². The SMILES string of the molecule is COCCCn1c(SCC(=O)NCCCOCc2ccccc2)nc2cc(Cl)ccc2c1=O. The van der Waals surface area contributed by atoms with E-state index in [1.54, 1.807) is 29.9 Å². The number of hydrogen-bond acceptors (Lipinski definition) is 6. The van der Waals surface area contributed by atoms with Crippen molar-refractivity contribution < 1.29 is 14.3 Å². The first kappa shape index (κ1) is 25.2. The minimum absolute atomic E-state index is 0.119. The fraction of sp³-hybridized carbons (Fsp3) is 0.375. The molecule has 1 N–H and O–H groups in total. The van der Waals surface area contributed by atoms with Crippen LogP contribution in [0.1, 0.15) is 18.4 Å². The fourth-order valence-corrected chi connectivity index (χ4v) is 4.22. The number of carbonyl (C=O) groups excluding carboxylic acids is 1. The van der Waals surface area contributed by atoms with Gasteiger partial charge in [-0.05, 0) is 36.6 Å². The summed E-state index contributed by atoms with van der Waals surface area (Å²) in [5, 5.41) is 4.39. The minimum Gasteiger partial charge on any atom is -0.385 e. The van der Waals surface area contributed by atoms with Crippen LogP contribution in [0.15, 0.2) is 58.5 Å². The Morgan fingerprint density at radius 2 is 1.97 bits per heavy atom. The standard InChI is InChI=1S/C24H28ClN3O4S/c1-31-13-6-12-28-23(30)20-10-9-19(25)15-21(20)27-24(28)33-17-22(29)26-11-5-14-32-16-18-7-3-2-4-8-18/h2-4,7-10,15H,5-6,11-14,16-17H2,1H3,(H,26,29). The summed E-state index contributed by atoms with van der Waals surface area (Å²) in [6.07, 6.45) is 1.39. The highest BCUT2D eigenvalue weighted by atomic mass is 35.5. The largest absolute Gasteiger partial charge is 0.385 e. The molecule has 0 unspecified atom stereocenters. The number of amides is 1. The zero-order valence-electron chi connectivity index (χ0n) is 18.6. The third-order valence-electron chi connectivity index (χ3n) is 4.84. The van der Waals surface area contributed by atoms with Crippen LogP contribution >= 0.6 is 23.4 Å². The number of nitrogens with zero attached hydrogens (tertiary/aromatic N) is 2. The summed E-state index contributed by atoms with van der Waals surface area (Å²) >= 11 is 7.31. The fourth-order valence-electron chi connectivity index (χ4n) is 3.20. The number of halogens is 1. The maximum absolute atomic E-state index is 13.0. The molecular weight excluding hydrogens is 462 g/mol. The first-order valence-electron chi connectivity index (χ1n) is 10.8. The maximum atomic E-state index is 13.0. The van der Waals surface area contributed by atoms with Crippen LogP contribution < -0.4 is 10.9 Å². The molecule has 1 aromatic heterocycles. The molecule has 1 heterocycles. The highest BCUT2D eigenvalue weighted by Gasteiger charge is 2.13. The van der Waals surface area contributed by atoms with Crippen LogP contribution in [-0.4, -0.2) is 48.1 Å². The van der Waals surface area contributed by atoms with E-state index >= 15 is 0 Å². The Labute approximate surface area is 202 Å². The summed E-state index contributed by atoms with van der Waals surface area (Å²) in [6, 6.07) is 15.0. The Bertz CT molecular complexity index is 1110. The van der Waals surface area contributed by atoms with Crippen molar-refractivity contribution in [1.82, 2.24) is 14.9 Å². The van der Waals surface area contributed by atoms with Gasteiger partial charge in [0.25, 0.3) is 5.56 Å². The van der Waals surface area contributed by atoms with Crippen LogP contribution in [0.5, 0.6) is 0 Å². The van der Waals surface area contributed by atoms with Gasteiger partial charge in [0.15, 0.2) is 5.16 Å². The van der Waals surface area contributed by atoms with Crippen molar-refractivity contribution in [3.63, 3.8) is 0 Å². The quantitative estimate of drug-likeness (QED) is 0.223. The number of benzene rings is 2. The zero-order chi connectivity index (χ0) is 23.5. The van der Waals surface area contributed by atoms with Gasteiger partial charge in [0.2, 0.25) is 5.91 Å². The Morgan fingerprint density at radius 3 is 2.76 bits per heavy atom. The highest BCUT2D eigenvalue weighted by Crippen LogP contribution is 2.20. The predicted molar refractivity (Wildman–Crippen MR) is 132 cm³/mol. The van der Waals surface area contributed by atoms with Gasteiger partial charge in [0.1, 0.15) is 0 Å². The molecule has 0 fully saturated rings. The summed E-state index contributed by atoms with van der Waals surface area (Å²) in [6.45, 7) is 2.63. The Balaban J connectivity index is 1.51. The topological polar surface area (TPSA) is 82.4 Å². The van der Waals surface area contributed by atoms with E-state index in [0.717, 1.165) is 12.0 Å². The molecule has 3 rings (SSSR count). The first-order valence-corrected chi connectivity index (χ1v) is 12.1. The van der Waals surface area contributed by atoms with E-state index in [4.69, 9.17) is 21.1 Å². The van der Waals surface area contributed by atoms with E-state index in [2.05, 4.69) is 10.3 Å². The smallest absolute Gasteiger partial charge is 0.262 e. The molecule has 0 spiro atoms. The van der Waals surface area contributed by atoms with Gasteiger partial charge in [-0.3, -0.25) is 14.2 Å². The Hall–Kier alpha value is -2.39. The molecule has 0 aliphatic rings. The van der Waals surface area contributed by atoms with Crippen molar-refractivity contribution in [3.8, 4) is 0 Å². The molecule has 176 valence electrons. The monoisotopic (exact) mass is 489 g/mol. The number of rotatable bonds is 13. The van der Waals surface area contributed by atoms with Crippen molar-refractivity contribution >= 4 is 40.2 Å². The van der Waals surface area contributed by atoms with Crippen LogP contribution in [0.2, 0.25) is 5.02 Å². The molecule has 0 bridgehead atoms.